The molecule has 1 aliphatic heterocycles. The fourth-order valence-electron chi connectivity index (χ4n) is 3.53. The zero-order valence-electron chi connectivity index (χ0n) is 16.8. The van der Waals surface area contributed by atoms with E-state index in [1.807, 2.05) is 48.7 Å². The number of benzene rings is 1. The van der Waals surface area contributed by atoms with E-state index >= 15 is 0 Å². The third-order valence-corrected chi connectivity index (χ3v) is 5.83. The van der Waals surface area contributed by atoms with Gasteiger partial charge in [0.25, 0.3) is 0 Å². The quantitative estimate of drug-likeness (QED) is 0.384. The van der Waals surface area contributed by atoms with Crippen molar-refractivity contribution in [1.82, 2.24) is 15.5 Å². The summed E-state index contributed by atoms with van der Waals surface area (Å²) in [6, 6.07) is 14.3. The summed E-state index contributed by atoms with van der Waals surface area (Å²) in [5, 5.41) is 9.06. The largest absolute Gasteiger partial charge is 0.494 e. The number of aliphatic imine (C=N–C) groups is 1. The van der Waals surface area contributed by atoms with Crippen LogP contribution in [0.3, 0.4) is 0 Å². The number of rotatable bonds is 9. The molecule has 1 fully saturated rings. The molecule has 2 aromatic rings. The molecular weight excluding hydrogens is 368 g/mol. The van der Waals surface area contributed by atoms with Crippen LogP contribution in [0, 0.1) is 5.92 Å². The number of nitrogens with one attached hydrogen (secondary N) is 2. The second kappa shape index (κ2) is 11.7. The van der Waals surface area contributed by atoms with Crippen LogP contribution in [0.4, 0.5) is 0 Å². The Morgan fingerprint density at radius 1 is 1.21 bits per heavy atom. The fraction of sp³-hybridized carbons (Fsp3) is 0.500. The smallest absolute Gasteiger partial charge is 0.190 e. The van der Waals surface area contributed by atoms with E-state index in [2.05, 4.69) is 38.0 Å². The third kappa shape index (κ3) is 7.17. The molecule has 0 saturated carbocycles. The van der Waals surface area contributed by atoms with Gasteiger partial charge in [-0.3, -0.25) is 9.89 Å². The van der Waals surface area contributed by atoms with Crippen LogP contribution in [0.5, 0.6) is 5.75 Å². The standard InChI is InChI=1S/C22H32N4OS/c1-23-22(24-12-7-14-27-20-9-3-2-4-10-20)25-16-19-8-5-13-26(17-19)18-21-11-6-15-28-21/h2-4,6,9-11,15,19H,5,7-8,12-14,16-18H2,1H3,(H2,23,24,25). The fourth-order valence-corrected chi connectivity index (χ4v) is 4.28. The molecule has 2 heterocycles. The van der Waals surface area contributed by atoms with Crippen molar-refractivity contribution < 1.29 is 4.74 Å². The summed E-state index contributed by atoms with van der Waals surface area (Å²) in [4.78, 5) is 8.39. The molecule has 6 heteroatoms. The average Bonchev–Trinajstić information content (AvgIpc) is 3.24. The highest BCUT2D eigenvalue weighted by Gasteiger charge is 2.20. The average molecular weight is 401 g/mol. The van der Waals surface area contributed by atoms with Crippen LogP contribution >= 0.6 is 11.3 Å². The minimum Gasteiger partial charge on any atom is -0.494 e. The molecule has 0 aliphatic carbocycles. The Kier molecular flexibility index (Phi) is 8.65. The number of hydrogen-bond acceptors (Lipinski definition) is 4. The monoisotopic (exact) mass is 400 g/mol. The lowest BCUT2D eigenvalue weighted by atomic mass is 9.98. The van der Waals surface area contributed by atoms with Crippen LogP contribution in [-0.2, 0) is 6.54 Å². The van der Waals surface area contributed by atoms with Crippen molar-refractivity contribution in [3.8, 4) is 5.75 Å². The molecule has 0 radical (unpaired) electrons. The number of thiophene rings is 1. The molecule has 2 N–H and O–H groups in total. The van der Waals surface area contributed by atoms with E-state index in [9.17, 15) is 0 Å². The Hall–Kier alpha value is -2.05. The molecule has 152 valence electrons. The predicted octanol–water partition coefficient (Wildman–Crippen LogP) is 3.59. The van der Waals surface area contributed by atoms with Gasteiger partial charge < -0.3 is 15.4 Å². The van der Waals surface area contributed by atoms with Crippen molar-refractivity contribution in [2.45, 2.75) is 25.8 Å². The van der Waals surface area contributed by atoms with Gasteiger partial charge in [-0.15, -0.1) is 11.3 Å². The summed E-state index contributed by atoms with van der Waals surface area (Å²) in [7, 11) is 1.83. The molecule has 1 aromatic carbocycles. The Morgan fingerprint density at radius 3 is 2.89 bits per heavy atom. The van der Waals surface area contributed by atoms with Crippen molar-refractivity contribution in [2.75, 3.05) is 39.8 Å². The molecule has 1 saturated heterocycles. The molecule has 1 aliphatic rings. The number of hydrogen-bond donors (Lipinski definition) is 2. The molecule has 0 spiro atoms. The van der Waals surface area contributed by atoms with E-state index in [4.69, 9.17) is 4.74 Å². The highest BCUT2D eigenvalue weighted by Crippen LogP contribution is 2.19. The summed E-state index contributed by atoms with van der Waals surface area (Å²) in [6.45, 7) is 5.98. The van der Waals surface area contributed by atoms with Crippen molar-refractivity contribution in [1.29, 1.82) is 0 Å². The maximum absolute atomic E-state index is 5.73. The van der Waals surface area contributed by atoms with Gasteiger partial charge in [0.15, 0.2) is 5.96 Å². The van der Waals surface area contributed by atoms with Gasteiger partial charge in [0.2, 0.25) is 0 Å². The lowest BCUT2D eigenvalue weighted by Crippen LogP contribution is -2.44. The number of likely N-dealkylation sites (tertiary alicyclic amines) is 1. The number of piperidine rings is 1. The second-order valence-corrected chi connectivity index (χ2v) is 8.25. The van der Waals surface area contributed by atoms with Gasteiger partial charge in [-0.05, 0) is 55.3 Å². The number of nitrogens with zero attached hydrogens (tertiary/aromatic N) is 2. The maximum atomic E-state index is 5.73. The molecule has 0 bridgehead atoms. The Bertz CT molecular complexity index is 690. The first kappa shape index (κ1) is 20.7. The van der Waals surface area contributed by atoms with Gasteiger partial charge in [0.1, 0.15) is 5.75 Å². The molecule has 3 rings (SSSR count). The van der Waals surface area contributed by atoms with Crippen molar-refractivity contribution >= 4 is 17.3 Å². The summed E-state index contributed by atoms with van der Waals surface area (Å²) in [5.41, 5.74) is 0. The van der Waals surface area contributed by atoms with Crippen LogP contribution in [0.25, 0.3) is 0 Å². The van der Waals surface area contributed by atoms with Crippen molar-refractivity contribution in [3.05, 3.63) is 52.7 Å². The van der Waals surface area contributed by atoms with Gasteiger partial charge in [-0.25, -0.2) is 0 Å². The second-order valence-electron chi connectivity index (χ2n) is 7.22. The Labute approximate surface area is 172 Å². The highest BCUT2D eigenvalue weighted by molar-refractivity contribution is 7.09. The van der Waals surface area contributed by atoms with Crippen LogP contribution < -0.4 is 15.4 Å². The predicted molar refractivity (Wildman–Crippen MR) is 118 cm³/mol. The number of para-hydroxylation sites is 1. The van der Waals surface area contributed by atoms with Gasteiger partial charge in [-0.2, -0.15) is 0 Å². The first-order valence-corrected chi connectivity index (χ1v) is 11.1. The molecule has 1 aromatic heterocycles. The number of ether oxygens (including phenoxy) is 1. The zero-order chi connectivity index (χ0) is 19.4. The topological polar surface area (TPSA) is 48.9 Å². The maximum Gasteiger partial charge on any atom is 0.190 e. The first-order valence-electron chi connectivity index (χ1n) is 10.2. The molecular formula is C22H32N4OS. The van der Waals surface area contributed by atoms with E-state index in [0.717, 1.165) is 44.3 Å². The summed E-state index contributed by atoms with van der Waals surface area (Å²) in [5.74, 6) is 2.48. The van der Waals surface area contributed by atoms with Gasteiger partial charge in [-0.1, -0.05) is 24.3 Å². The highest BCUT2D eigenvalue weighted by atomic mass is 32.1. The molecule has 1 atom stereocenters. The van der Waals surface area contributed by atoms with Crippen LogP contribution in [0.1, 0.15) is 24.1 Å². The van der Waals surface area contributed by atoms with E-state index < -0.39 is 0 Å². The van der Waals surface area contributed by atoms with Gasteiger partial charge in [0.05, 0.1) is 6.61 Å². The molecule has 1 unspecified atom stereocenters. The molecule has 5 nitrogen and oxygen atoms in total. The number of guanidine groups is 1. The SMILES string of the molecule is CN=C(NCCCOc1ccccc1)NCC1CCCN(Cc2cccs2)C1. The van der Waals surface area contributed by atoms with E-state index in [-0.39, 0.29) is 0 Å². The van der Waals surface area contributed by atoms with Gasteiger partial charge in [0, 0.05) is 38.1 Å². The van der Waals surface area contributed by atoms with Crippen LogP contribution in [0.15, 0.2) is 52.8 Å². The minimum absolute atomic E-state index is 0.675. The van der Waals surface area contributed by atoms with Crippen LogP contribution in [-0.4, -0.2) is 50.7 Å². The summed E-state index contributed by atoms with van der Waals surface area (Å²) >= 11 is 1.85. The Balaban J connectivity index is 1.30. The van der Waals surface area contributed by atoms with E-state index in [1.54, 1.807) is 0 Å². The Morgan fingerprint density at radius 2 is 2.11 bits per heavy atom. The minimum atomic E-state index is 0.675. The van der Waals surface area contributed by atoms with E-state index in [1.165, 1.54) is 24.3 Å². The van der Waals surface area contributed by atoms with Crippen LogP contribution in [0.2, 0.25) is 0 Å². The lowest BCUT2D eigenvalue weighted by Gasteiger charge is -2.32. The van der Waals surface area contributed by atoms with E-state index in [0.29, 0.717) is 12.5 Å². The normalized spacial score (nSPS) is 18.0. The zero-order valence-corrected chi connectivity index (χ0v) is 17.6. The first-order chi connectivity index (χ1) is 13.8. The third-order valence-electron chi connectivity index (χ3n) is 4.97. The van der Waals surface area contributed by atoms with Gasteiger partial charge >= 0.3 is 0 Å². The molecule has 0 amide bonds. The molecule has 28 heavy (non-hydrogen) atoms. The van der Waals surface area contributed by atoms with Crippen molar-refractivity contribution in [3.63, 3.8) is 0 Å². The lowest BCUT2D eigenvalue weighted by molar-refractivity contribution is 0.169. The summed E-state index contributed by atoms with van der Waals surface area (Å²) < 4.78 is 5.73. The summed E-state index contributed by atoms with van der Waals surface area (Å²) in [6.07, 6.45) is 3.50. The van der Waals surface area contributed by atoms with Crippen molar-refractivity contribution in [2.24, 2.45) is 10.9 Å².